The van der Waals surface area contributed by atoms with Crippen molar-refractivity contribution in [2.24, 2.45) is 0 Å². The molecule has 1 aromatic heterocycles. The zero-order valence-electron chi connectivity index (χ0n) is 15.3. The van der Waals surface area contributed by atoms with E-state index in [-0.39, 0.29) is 18.4 Å². The second kappa shape index (κ2) is 8.08. The van der Waals surface area contributed by atoms with Gasteiger partial charge >= 0.3 is 24.1 Å². The minimum absolute atomic E-state index is 0.110. The minimum atomic E-state index is -7.02. The smallest absolute Gasteiger partial charge is 0.454 e. The van der Waals surface area contributed by atoms with Gasteiger partial charge in [0.25, 0.3) is 0 Å². The third kappa shape index (κ3) is 3.93. The van der Waals surface area contributed by atoms with E-state index >= 15 is 0 Å². The van der Waals surface area contributed by atoms with Crippen LogP contribution in [0.5, 0.6) is 5.75 Å². The molecule has 0 atom stereocenters. The number of benzene rings is 2. The Morgan fingerprint density at radius 1 is 0.906 bits per heavy atom. The van der Waals surface area contributed by atoms with E-state index in [1.165, 1.54) is 18.2 Å². The number of alkyl halides is 9. The van der Waals surface area contributed by atoms with E-state index < -0.39 is 40.6 Å². The Kier molecular flexibility index (Phi) is 6.21. The molecule has 2 aromatic carbocycles. The van der Waals surface area contributed by atoms with Gasteiger partial charge in [0.15, 0.2) is 11.3 Å². The Balaban J connectivity index is 1.72. The average molecular weight is 514 g/mol. The van der Waals surface area contributed by atoms with Gasteiger partial charge in [-0.25, -0.2) is 0 Å². The third-order valence-electron chi connectivity index (χ3n) is 4.22. The Morgan fingerprint density at radius 2 is 1.56 bits per heavy atom. The SMILES string of the molecule is CN(SOOc1ccc2c(c1)oc1c(Cl)cccc12)C(F)(F)C(F)(F)C(F)(F)C(F)(F)F. The second-order valence-corrected chi connectivity index (χ2v) is 7.53. The normalized spacial score (nSPS) is 14.0. The molecule has 0 N–H and O–H groups in total. The van der Waals surface area contributed by atoms with E-state index in [1.54, 1.807) is 18.2 Å². The molecule has 0 spiro atoms. The summed E-state index contributed by atoms with van der Waals surface area (Å²) < 4.78 is 125. The van der Waals surface area contributed by atoms with Gasteiger partial charge in [-0.15, -0.1) is 0 Å². The molecule has 0 aliphatic carbocycles. The average Bonchev–Trinajstić information content (AvgIpc) is 3.06. The number of halogens is 10. The van der Waals surface area contributed by atoms with E-state index in [0.717, 1.165) is 0 Å². The number of nitrogens with zero attached hydrogens (tertiary/aromatic N) is 1. The fourth-order valence-electron chi connectivity index (χ4n) is 2.51. The van der Waals surface area contributed by atoms with Crippen molar-refractivity contribution in [2.45, 2.75) is 24.1 Å². The highest BCUT2D eigenvalue weighted by atomic mass is 35.5. The van der Waals surface area contributed by atoms with Crippen LogP contribution in [0.4, 0.5) is 39.5 Å². The molecular formula is C17H9ClF9NO3S. The van der Waals surface area contributed by atoms with Gasteiger partial charge in [0.1, 0.15) is 17.8 Å². The number of para-hydroxylation sites is 1. The highest BCUT2D eigenvalue weighted by Crippen LogP contribution is 2.54. The molecule has 0 amide bonds. The maximum atomic E-state index is 13.7. The summed E-state index contributed by atoms with van der Waals surface area (Å²) >= 11 is 5.29. The Labute approximate surface area is 182 Å². The first kappa shape index (κ1) is 24.6. The Bertz CT molecular complexity index is 1140. The minimum Gasteiger partial charge on any atom is -0.454 e. The second-order valence-electron chi connectivity index (χ2n) is 6.29. The predicted molar refractivity (Wildman–Crippen MR) is 96.7 cm³/mol. The van der Waals surface area contributed by atoms with Gasteiger partial charge in [0.2, 0.25) is 0 Å². The maximum Gasteiger partial charge on any atom is 0.460 e. The van der Waals surface area contributed by atoms with Gasteiger partial charge in [-0.05, 0) is 18.2 Å². The van der Waals surface area contributed by atoms with Crippen molar-refractivity contribution < 1.29 is 53.2 Å². The number of hydrogen-bond acceptors (Lipinski definition) is 5. The summed E-state index contributed by atoms with van der Waals surface area (Å²) in [5, 5.41) is 1.52. The first-order chi connectivity index (χ1) is 14.6. The van der Waals surface area contributed by atoms with E-state index in [0.29, 0.717) is 21.4 Å². The first-order valence-electron chi connectivity index (χ1n) is 8.17. The molecule has 0 bridgehead atoms. The number of fused-ring (bicyclic) bond motifs is 3. The van der Waals surface area contributed by atoms with Crippen molar-refractivity contribution in [3.63, 3.8) is 0 Å². The summed E-state index contributed by atoms with van der Waals surface area (Å²) in [6.07, 6.45) is -6.92. The summed E-state index contributed by atoms with van der Waals surface area (Å²) in [6, 6.07) is 2.90. The summed E-state index contributed by atoms with van der Waals surface area (Å²) in [5.41, 5.74) is 0.554. The largest absolute Gasteiger partial charge is 0.460 e. The van der Waals surface area contributed by atoms with Crippen molar-refractivity contribution in [3.8, 4) is 5.75 Å². The summed E-state index contributed by atoms with van der Waals surface area (Å²) in [7, 11) is 0.110. The van der Waals surface area contributed by atoms with Crippen LogP contribution in [-0.2, 0) is 4.33 Å². The molecule has 0 saturated carbocycles. The van der Waals surface area contributed by atoms with Crippen molar-refractivity contribution in [3.05, 3.63) is 41.4 Å². The van der Waals surface area contributed by atoms with E-state index in [2.05, 4.69) is 9.22 Å². The molecule has 3 rings (SSSR count). The highest BCUT2D eigenvalue weighted by Gasteiger charge is 2.83. The van der Waals surface area contributed by atoms with Gasteiger partial charge in [-0.2, -0.15) is 43.8 Å². The van der Waals surface area contributed by atoms with Crippen LogP contribution in [-0.4, -0.2) is 35.4 Å². The lowest BCUT2D eigenvalue weighted by atomic mass is 10.1. The van der Waals surface area contributed by atoms with Crippen molar-refractivity contribution >= 4 is 45.8 Å². The van der Waals surface area contributed by atoms with Crippen LogP contribution < -0.4 is 4.89 Å². The van der Waals surface area contributed by atoms with Gasteiger partial charge < -0.3 is 9.30 Å². The van der Waals surface area contributed by atoms with Gasteiger partial charge in [-0.1, -0.05) is 28.1 Å². The number of hydrogen-bond donors (Lipinski definition) is 0. The molecule has 0 aliphatic heterocycles. The predicted octanol–water partition coefficient (Wildman–Crippen LogP) is 7.47. The van der Waals surface area contributed by atoms with Crippen LogP contribution >= 0.6 is 23.8 Å². The van der Waals surface area contributed by atoms with Crippen LogP contribution in [0, 0.1) is 0 Å². The molecule has 0 fully saturated rings. The standard InChI is InChI=1S/C17H9ClF9NO3S/c1-28(17(26,27)15(21,22)14(19,20)16(23,24)25)32-31-30-8-5-6-9-10-3-2-4-11(18)13(10)29-12(9)7-8/h2-7H,1H3. The quantitative estimate of drug-likeness (QED) is 0.0817. The van der Waals surface area contributed by atoms with Gasteiger partial charge in [-0.3, -0.25) is 0 Å². The van der Waals surface area contributed by atoms with Gasteiger partial charge in [0, 0.05) is 23.9 Å². The fourth-order valence-corrected chi connectivity index (χ4v) is 3.13. The fraction of sp³-hybridized carbons (Fsp3) is 0.294. The lowest BCUT2D eigenvalue weighted by molar-refractivity contribution is -0.409. The van der Waals surface area contributed by atoms with E-state index in [9.17, 15) is 39.5 Å². The van der Waals surface area contributed by atoms with Crippen LogP contribution in [0.3, 0.4) is 0 Å². The topological polar surface area (TPSA) is 34.8 Å². The molecule has 0 unspecified atom stereocenters. The summed E-state index contributed by atoms with van der Waals surface area (Å²) in [6.45, 7) is 0. The summed E-state index contributed by atoms with van der Waals surface area (Å²) in [4.78, 5) is 4.61. The molecule has 0 aliphatic rings. The van der Waals surface area contributed by atoms with Gasteiger partial charge in [0.05, 0.1) is 5.02 Å². The van der Waals surface area contributed by atoms with Crippen molar-refractivity contribution in [1.29, 1.82) is 0 Å². The maximum absolute atomic E-state index is 13.7. The lowest BCUT2D eigenvalue weighted by Crippen LogP contribution is -2.64. The van der Waals surface area contributed by atoms with Crippen LogP contribution in [0.2, 0.25) is 5.02 Å². The number of furan rings is 1. The monoisotopic (exact) mass is 513 g/mol. The molecule has 15 heteroatoms. The molecule has 32 heavy (non-hydrogen) atoms. The molecular weight excluding hydrogens is 505 g/mol. The molecule has 0 radical (unpaired) electrons. The lowest BCUT2D eigenvalue weighted by Gasteiger charge is -2.36. The van der Waals surface area contributed by atoms with Crippen molar-refractivity contribution in [1.82, 2.24) is 4.31 Å². The highest BCUT2D eigenvalue weighted by molar-refractivity contribution is 7.92. The molecule has 3 aromatic rings. The van der Waals surface area contributed by atoms with Crippen molar-refractivity contribution in [2.75, 3.05) is 7.05 Å². The Morgan fingerprint density at radius 3 is 2.19 bits per heavy atom. The van der Waals surface area contributed by atoms with Crippen LogP contribution in [0.15, 0.2) is 40.8 Å². The summed E-state index contributed by atoms with van der Waals surface area (Å²) in [5.74, 6) is -14.0. The molecule has 0 saturated heterocycles. The Hall–Kier alpha value is -2.03. The zero-order valence-corrected chi connectivity index (χ0v) is 16.9. The zero-order chi connectivity index (χ0) is 24.1. The molecule has 1 heterocycles. The van der Waals surface area contributed by atoms with E-state index in [4.69, 9.17) is 16.0 Å². The first-order valence-corrected chi connectivity index (χ1v) is 9.25. The molecule has 176 valence electrons. The number of rotatable bonds is 7. The van der Waals surface area contributed by atoms with E-state index in [1.807, 2.05) is 0 Å². The third-order valence-corrected chi connectivity index (χ3v) is 5.10. The van der Waals surface area contributed by atoms with Crippen LogP contribution in [0.1, 0.15) is 0 Å². The molecule has 4 nitrogen and oxygen atoms in total. The van der Waals surface area contributed by atoms with Crippen LogP contribution in [0.25, 0.3) is 21.9 Å².